The van der Waals surface area contributed by atoms with Crippen molar-refractivity contribution >= 4 is 11.8 Å². The molecule has 1 heterocycles. The SMILES string of the molecule is CCCCN1C(=O)CN(CCOC)C(=O)[C@H]1Cc1ccccc1. The van der Waals surface area contributed by atoms with E-state index in [0.29, 0.717) is 26.1 Å². The third kappa shape index (κ3) is 4.55. The highest BCUT2D eigenvalue weighted by Crippen LogP contribution is 2.18. The zero-order valence-electron chi connectivity index (χ0n) is 14.0. The first kappa shape index (κ1) is 17.5. The number of unbranched alkanes of at least 4 members (excludes halogenated alkanes) is 1. The number of methoxy groups -OCH3 is 1. The lowest BCUT2D eigenvalue weighted by atomic mass is 10.0. The van der Waals surface area contributed by atoms with Crippen molar-refractivity contribution in [1.82, 2.24) is 9.80 Å². The van der Waals surface area contributed by atoms with Crippen LogP contribution in [-0.2, 0) is 20.7 Å². The van der Waals surface area contributed by atoms with Crippen molar-refractivity contribution in [3.05, 3.63) is 35.9 Å². The molecular formula is C18H26N2O3. The van der Waals surface area contributed by atoms with Gasteiger partial charge in [-0.25, -0.2) is 0 Å². The van der Waals surface area contributed by atoms with E-state index in [1.807, 2.05) is 30.3 Å². The molecule has 1 fully saturated rings. The molecule has 5 heteroatoms. The number of amides is 2. The smallest absolute Gasteiger partial charge is 0.246 e. The summed E-state index contributed by atoms with van der Waals surface area (Å²) in [7, 11) is 1.60. The van der Waals surface area contributed by atoms with Crippen molar-refractivity contribution in [3.63, 3.8) is 0 Å². The molecule has 1 aromatic carbocycles. The second-order valence-electron chi connectivity index (χ2n) is 5.90. The molecule has 23 heavy (non-hydrogen) atoms. The van der Waals surface area contributed by atoms with Gasteiger partial charge in [0.15, 0.2) is 0 Å². The van der Waals surface area contributed by atoms with E-state index in [-0.39, 0.29) is 18.4 Å². The van der Waals surface area contributed by atoms with E-state index in [0.717, 1.165) is 18.4 Å². The van der Waals surface area contributed by atoms with Gasteiger partial charge in [0.1, 0.15) is 6.04 Å². The molecule has 1 aromatic rings. The van der Waals surface area contributed by atoms with Crippen LogP contribution in [0.15, 0.2) is 30.3 Å². The zero-order valence-corrected chi connectivity index (χ0v) is 14.0. The van der Waals surface area contributed by atoms with Crippen LogP contribution in [0.2, 0.25) is 0 Å². The second-order valence-corrected chi connectivity index (χ2v) is 5.90. The summed E-state index contributed by atoms with van der Waals surface area (Å²) in [6, 6.07) is 9.49. The molecule has 126 valence electrons. The number of carbonyl (C=O) groups is 2. The Labute approximate surface area is 138 Å². The van der Waals surface area contributed by atoms with Gasteiger partial charge in [-0.15, -0.1) is 0 Å². The molecule has 1 atom stereocenters. The molecule has 0 bridgehead atoms. The van der Waals surface area contributed by atoms with Crippen LogP contribution in [0.1, 0.15) is 25.3 Å². The zero-order chi connectivity index (χ0) is 16.7. The molecule has 0 N–H and O–H groups in total. The van der Waals surface area contributed by atoms with Crippen LogP contribution in [-0.4, -0.2) is 61.0 Å². The molecule has 0 unspecified atom stereocenters. The largest absolute Gasteiger partial charge is 0.383 e. The molecular weight excluding hydrogens is 292 g/mol. The minimum absolute atomic E-state index is 0.0293. The third-order valence-electron chi connectivity index (χ3n) is 4.21. The first-order valence-electron chi connectivity index (χ1n) is 8.28. The van der Waals surface area contributed by atoms with E-state index < -0.39 is 6.04 Å². The van der Waals surface area contributed by atoms with Crippen LogP contribution in [0, 0.1) is 0 Å². The Bertz CT molecular complexity index is 518. The molecule has 0 radical (unpaired) electrons. The number of hydrogen-bond acceptors (Lipinski definition) is 3. The Morgan fingerprint density at radius 1 is 1.17 bits per heavy atom. The third-order valence-corrected chi connectivity index (χ3v) is 4.21. The lowest BCUT2D eigenvalue weighted by Gasteiger charge is -2.40. The van der Waals surface area contributed by atoms with Crippen molar-refractivity contribution in [2.24, 2.45) is 0 Å². The van der Waals surface area contributed by atoms with Crippen LogP contribution in [0.3, 0.4) is 0 Å². The molecule has 1 aliphatic heterocycles. The van der Waals surface area contributed by atoms with E-state index in [2.05, 4.69) is 6.92 Å². The highest BCUT2D eigenvalue weighted by molar-refractivity contribution is 5.95. The Balaban J connectivity index is 2.17. The number of nitrogens with zero attached hydrogens (tertiary/aromatic N) is 2. The first-order valence-corrected chi connectivity index (χ1v) is 8.28. The monoisotopic (exact) mass is 318 g/mol. The highest BCUT2D eigenvalue weighted by atomic mass is 16.5. The topological polar surface area (TPSA) is 49.9 Å². The second kappa shape index (κ2) is 8.67. The molecule has 1 saturated heterocycles. The van der Waals surface area contributed by atoms with Crippen molar-refractivity contribution in [2.75, 3.05) is 33.4 Å². The van der Waals surface area contributed by atoms with E-state index in [1.165, 1.54) is 0 Å². The fourth-order valence-electron chi connectivity index (χ4n) is 2.88. The molecule has 0 spiro atoms. The van der Waals surface area contributed by atoms with Crippen LogP contribution in [0.5, 0.6) is 0 Å². The summed E-state index contributed by atoms with van der Waals surface area (Å²) >= 11 is 0. The van der Waals surface area contributed by atoms with Gasteiger partial charge in [0.25, 0.3) is 0 Å². The van der Waals surface area contributed by atoms with Crippen LogP contribution in [0.25, 0.3) is 0 Å². The van der Waals surface area contributed by atoms with Crippen LogP contribution >= 0.6 is 0 Å². The first-order chi connectivity index (χ1) is 11.2. The number of ether oxygens (including phenoxy) is 1. The fraction of sp³-hybridized carbons (Fsp3) is 0.556. The highest BCUT2D eigenvalue weighted by Gasteiger charge is 2.38. The predicted molar refractivity (Wildman–Crippen MR) is 89.0 cm³/mol. The molecule has 0 aromatic heterocycles. The standard InChI is InChI=1S/C18H26N2O3/c1-3-4-10-20-16(13-15-8-6-5-7-9-15)18(22)19(11-12-23-2)14-17(20)21/h5-9,16H,3-4,10-14H2,1-2H3/t16-/m1/s1. The normalized spacial score (nSPS) is 18.6. The number of hydrogen-bond donors (Lipinski definition) is 0. The lowest BCUT2D eigenvalue weighted by molar-refractivity contribution is -0.156. The quantitative estimate of drug-likeness (QED) is 0.733. The van der Waals surface area contributed by atoms with Gasteiger partial charge in [0, 0.05) is 26.6 Å². The van der Waals surface area contributed by atoms with Crippen molar-refractivity contribution in [3.8, 4) is 0 Å². The van der Waals surface area contributed by atoms with Gasteiger partial charge >= 0.3 is 0 Å². The Morgan fingerprint density at radius 2 is 1.91 bits per heavy atom. The number of piperazine rings is 1. The summed E-state index contributed by atoms with van der Waals surface area (Å²) in [5.41, 5.74) is 1.08. The maximum Gasteiger partial charge on any atom is 0.246 e. The summed E-state index contributed by atoms with van der Waals surface area (Å²) in [4.78, 5) is 28.7. The van der Waals surface area contributed by atoms with E-state index in [4.69, 9.17) is 4.74 Å². The molecule has 5 nitrogen and oxygen atoms in total. The summed E-state index contributed by atoms with van der Waals surface area (Å²) in [5.74, 6) is 0.0664. The Hall–Kier alpha value is -1.88. The lowest BCUT2D eigenvalue weighted by Crippen LogP contribution is -2.61. The van der Waals surface area contributed by atoms with E-state index >= 15 is 0 Å². The van der Waals surface area contributed by atoms with Gasteiger partial charge in [0.05, 0.1) is 13.2 Å². The molecule has 0 saturated carbocycles. The van der Waals surface area contributed by atoms with Gasteiger partial charge < -0.3 is 14.5 Å². The maximum absolute atomic E-state index is 12.8. The number of carbonyl (C=O) groups excluding carboxylic acids is 2. The summed E-state index contributed by atoms with van der Waals surface area (Å²) in [6.45, 7) is 3.82. The average Bonchev–Trinajstić information content (AvgIpc) is 2.57. The Morgan fingerprint density at radius 3 is 2.57 bits per heavy atom. The molecule has 0 aliphatic carbocycles. The maximum atomic E-state index is 12.8. The van der Waals surface area contributed by atoms with E-state index in [1.54, 1.807) is 16.9 Å². The van der Waals surface area contributed by atoms with Crippen molar-refractivity contribution < 1.29 is 14.3 Å². The fourth-order valence-corrected chi connectivity index (χ4v) is 2.88. The molecule has 2 rings (SSSR count). The van der Waals surface area contributed by atoms with Crippen molar-refractivity contribution in [2.45, 2.75) is 32.2 Å². The molecule has 1 aliphatic rings. The summed E-state index contributed by atoms with van der Waals surface area (Å²) in [5, 5.41) is 0. The van der Waals surface area contributed by atoms with Gasteiger partial charge in [-0.05, 0) is 12.0 Å². The minimum Gasteiger partial charge on any atom is -0.383 e. The predicted octanol–water partition coefficient (Wildman–Crippen LogP) is 1.71. The van der Waals surface area contributed by atoms with Crippen LogP contribution in [0.4, 0.5) is 0 Å². The van der Waals surface area contributed by atoms with E-state index in [9.17, 15) is 9.59 Å². The van der Waals surface area contributed by atoms with Crippen molar-refractivity contribution in [1.29, 1.82) is 0 Å². The Kier molecular flexibility index (Phi) is 6.59. The van der Waals surface area contributed by atoms with Gasteiger partial charge in [-0.2, -0.15) is 0 Å². The van der Waals surface area contributed by atoms with Gasteiger partial charge in [0.2, 0.25) is 11.8 Å². The number of rotatable bonds is 8. The van der Waals surface area contributed by atoms with Gasteiger partial charge in [-0.1, -0.05) is 43.7 Å². The summed E-state index contributed by atoms with van der Waals surface area (Å²) < 4.78 is 5.05. The summed E-state index contributed by atoms with van der Waals surface area (Å²) in [6.07, 6.45) is 2.49. The molecule has 2 amide bonds. The van der Waals surface area contributed by atoms with Gasteiger partial charge in [-0.3, -0.25) is 9.59 Å². The minimum atomic E-state index is -0.401. The van der Waals surface area contributed by atoms with Crippen LogP contribution < -0.4 is 0 Å². The number of benzene rings is 1. The average molecular weight is 318 g/mol.